The van der Waals surface area contributed by atoms with Crippen LogP contribution in [-0.4, -0.2) is 40.0 Å². The van der Waals surface area contributed by atoms with Crippen molar-refractivity contribution in [1.82, 2.24) is 9.66 Å². The molecule has 2 aromatic heterocycles. The van der Waals surface area contributed by atoms with Crippen molar-refractivity contribution in [2.24, 2.45) is 5.10 Å². The van der Waals surface area contributed by atoms with E-state index >= 15 is 0 Å². The maximum Gasteiger partial charge on any atom is 0.346 e. The van der Waals surface area contributed by atoms with Gasteiger partial charge in [-0.05, 0) is 37.3 Å². The van der Waals surface area contributed by atoms with E-state index in [0.717, 1.165) is 10.1 Å². The summed E-state index contributed by atoms with van der Waals surface area (Å²) in [4.78, 5) is 41.3. The third-order valence-electron chi connectivity index (χ3n) is 5.80. The van der Waals surface area contributed by atoms with E-state index in [9.17, 15) is 19.7 Å². The van der Waals surface area contributed by atoms with Crippen molar-refractivity contribution >= 4 is 55.7 Å². The van der Waals surface area contributed by atoms with Crippen molar-refractivity contribution in [2.75, 3.05) is 7.11 Å². The predicted octanol–water partition coefficient (Wildman–Crippen LogP) is 5.30. The third kappa shape index (κ3) is 5.01. The number of furan rings is 1. The van der Waals surface area contributed by atoms with Gasteiger partial charge in [-0.15, -0.1) is 0 Å². The molecule has 3 aromatic carbocycles. The van der Waals surface area contributed by atoms with Gasteiger partial charge in [-0.2, -0.15) is 9.78 Å². The molecule has 0 saturated heterocycles. The molecule has 5 rings (SSSR count). The fraction of sp³-hybridized carbons (Fsp3) is 0.111. The highest BCUT2D eigenvalue weighted by atomic mass is 79.9. The summed E-state index contributed by atoms with van der Waals surface area (Å²) in [5.41, 5.74) is 0.270. The molecule has 196 valence electrons. The van der Waals surface area contributed by atoms with Gasteiger partial charge in [0.2, 0.25) is 11.6 Å². The first-order valence-corrected chi connectivity index (χ1v) is 12.3. The van der Waals surface area contributed by atoms with Crippen LogP contribution < -0.4 is 10.3 Å². The quantitative estimate of drug-likeness (QED) is 0.108. The highest BCUT2D eigenvalue weighted by molar-refractivity contribution is 9.10. The number of aromatic nitrogens is 2. The lowest BCUT2D eigenvalue weighted by Crippen LogP contribution is -2.26. The summed E-state index contributed by atoms with van der Waals surface area (Å²) in [5.74, 6) is -0.526. The number of halogens is 1. The highest BCUT2D eigenvalue weighted by Crippen LogP contribution is 2.35. The first-order valence-electron chi connectivity index (χ1n) is 11.5. The number of hydrogen-bond acceptors (Lipinski definition) is 9. The van der Waals surface area contributed by atoms with Gasteiger partial charge in [-0.25, -0.2) is 9.78 Å². The SMILES string of the molecule is COC(=O)[C@@H](C)Oc1c(C=Nn2c(-c3cc4ccccc4o3)nc3ccccc3c2=O)cc(Br)cc1[N+](=O)[O-]. The number of ether oxygens (including phenoxy) is 2. The molecule has 0 radical (unpaired) electrons. The zero-order valence-electron chi connectivity index (χ0n) is 20.5. The molecule has 0 aliphatic carbocycles. The number of nitro benzene ring substituents is 1. The van der Waals surface area contributed by atoms with E-state index in [0.29, 0.717) is 26.7 Å². The summed E-state index contributed by atoms with van der Waals surface area (Å²) in [7, 11) is 1.18. The fourth-order valence-corrected chi connectivity index (χ4v) is 4.42. The maximum atomic E-state index is 13.5. The normalized spacial score (nSPS) is 12.2. The monoisotopic (exact) mass is 590 g/mol. The first-order chi connectivity index (χ1) is 18.8. The van der Waals surface area contributed by atoms with Crippen molar-refractivity contribution in [3.63, 3.8) is 0 Å². The van der Waals surface area contributed by atoms with Crippen LogP contribution in [0.5, 0.6) is 5.75 Å². The summed E-state index contributed by atoms with van der Waals surface area (Å²) in [6.07, 6.45) is 0.0689. The van der Waals surface area contributed by atoms with Gasteiger partial charge in [0.1, 0.15) is 5.58 Å². The van der Waals surface area contributed by atoms with Crippen LogP contribution in [0.2, 0.25) is 0 Å². The molecule has 1 atom stereocenters. The standard InChI is InChI=1S/C27H19BrN4O7/c1-15(27(34)37-2)38-24-17(11-18(28)13-21(24)32(35)36)14-29-31-25(23-12-16-7-3-6-10-22(16)39-23)30-20-9-5-4-8-19(20)26(31)33/h3-15H,1-2H3/t15-/m1/s1. The summed E-state index contributed by atoms with van der Waals surface area (Å²) >= 11 is 3.26. The van der Waals surface area contributed by atoms with Gasteiger partial charge in [-0.1, -0.05) is 46.3 Å². The van der Waals surface area contributed by atoms with E-state index in [1.165, 1.54) is 32.4 Å². The van der Waals surface area contributed by atoms with Crippen LogP contribution in [0.1, 0.15) is 12.5 Å². The van der Waals surface area contributed by atoms with E-state index in [4.69, 9.17) is 9.15 Å². The molecule has 0 unspecified atom stereocenters. The number of fused-ring (bicyclic) bond motifs is 2. The minimum atomic E-state index is -1.15. The second-order valence-corrected chi connectivity index (χ2v) is 9.26. The minimum Gasteiger partial charge on any atom is -0.471 e. The number of nitro groups is 1. The molecule has 0 aliphatic rings. The summed E-state index contributed by atoms with van der Waals surface area (Å²) in [6.45, 7) is 1.40. The van der Waals surface area contributed by atoms with Gasteiger partial charge in [-0.3, -0.25) is 14.9 Å². The summed E-state index contributed by atoms with van der Waals surface area (Å²) in [5, 5.41) is 17.3. The van der Waals surface area contributed by atoms with Gasteiger partial charge in [0.25, 0.3) is 5.56 Å². The minimum absolute atomic E-state index is 0.126. The molecule has 0 bridgehead atoms. The Kier molecular flexibility index (Phi) is 6.94. The number of nitrogens with zero attached hydrogens (tertiary/aromatic N) is 4. The number of rotatable bonds is 7. The zero-order chi connectivity index (χ0) is 27.7. The van der Waals surface area contributed by atoms with E-state index in [2.05, 4.69) is 30.8 Å². The van der Waals surface area contributed by atoms with Crippen molar-refractivity contribution in [2.45, 2.75) is 13.0 Å². The molecule has 11 nitrogen and oxygen atoms in total. The smallest absolute Gasteiger partial charge is 0.346 e. The molecule has 0 amide bonds. The van der Waals surface area contributed by atoms with Crippen LogP contribution in [0, 0.1) is 10.1 Å². The van der Waals surface area contributed by atoms with Crippen molar-refractivity contribution in [1.29, 1.82) is 0 Å². The number of carbonyl (C=O) groups excluding carboxylic acids is 1. The van der Waals surface area contributed by atoms with Gasteiger partial charge in [0.15, 0.2) is 11.9 Å². The Hall–Kier alpha value is -4.84. The van der Waals surface area contributed by atoms with E-state index in [1.54, 1.807) is 36.4 Å². The molecule has 2 heterocycles. The topological polar surface area (TPSA) is 139 Å². The van der Waals surface area contributed by atoms with Crippen LogP contribution in [0.25, 0.3) is 33.5 Å². The Morgan fingerprint density at radius 3 is 2.67 bits per heavy atom. The number of esters is 1. The molecule has 0 N–H and O–H groups in total. The lowest BCUT2D eigenvalue weighted by Gasteiger charge is -2.15. The molecule has 0 aliphatic heterocycles. The third-order valence-corrected chi connectivity index (χ3v) is 6.26. The van der Waals surface area contributed by atoms with Gasteiger partial charge >= 0.3 is 11.7 Å². The number of methoxy groups -OCH3 is 1. The molecule has 5 aromatic rings. The Balaban J connectivity index is 1.71. The lowest BCUT2D eigenvalue weighted by molar-refractivity contribution is -0.386. The summed E-state index contributed by atoms with van der Waals surface area (Å²) < 4.78 is 17.7. The second-order valence-electron chi connectivity index (χ2n) is 8.35. The number of carbonyl (C=O) groups is 1. The molecule has 12 heteroatoms. The predicted molar refractivity (Wildman–Crippen MR) is 147 cm³/mol. The number of para-hydroxylation sites is 2. The Morgan fingerprint density at radius 1 is 1.18 bits per heavy atom. The number of benzene rings is 3. The van der Waals surface area contributed by atoms with Gasteiger partial charge in [0.05, 0.1) is 29.2 Å². The van der Waals surface area contributed by atoms with Crippen LogP contribution in [0.3, 0.4) is 0 Å². The molecular weight excluding hydrogens is 572 g/mol. The van der Waals surface area contributed by atoms with Crippen molar-refractivity contribution in [3.8, 4) is 17.3 Å². The largest absolute Gasteiger partial charge is 0.471 e. The first kappa shape index (κ1) is 25.8. The second kappa shape index (κ2) is 10.5. The average molecular weight is 591 g/mol. The highest BCUT2D eigenvalue weighted by Gasteiger charge is 2.26. The van der Waals surface area contributed by atoms with Crippen LogP contribution >= 0.6 is 15.9 Å². The van der Waals surface area contributed by atoms with Crippen LogP contribution in [0.4, 0.5) is 5.69 Å². The Bertz CT molecular complexity index is 1810. The van der Waals surface area contributed by atoms with Crippen LogP contribution in [-0.2, 0) is 9.53 Å². The van der Waals surface area contributed by atoms with E-state index in [-0.39, 0.29) is 17.1 Å². The molecule has 0 spiro atoms. The fourth-order valence-electron chi connectivity index (χ4n) is 3.95. The van der Waals surface area contributed by atoms with Gasteiger partial charge < -0.3 is 13.9 Å². The van der Waals surface area contributed by atoms with E-state index in [1.807, 2.05) is 18.2 Å². The van der Waals surface area contributed by atoms with Crippen molar-refractivity contribution in [3.05, 3.63) is 97.2 Å². The Morgan fingerprint density at radius 2 is 1.92 bits per heavy atom. The molecule has 0 fully saturated rings. The average Bonchev–Trinajstić information content (AvgIpc) is 3.37. The lowest BCUT2D eigenvalue weighted by atomic mass is 10.2. The van der Waals surface area contributed by atoms with Crippen LogP contribution in [0.15, 0.2) is 85.5 Å². The van der Waals surface area contributed by atoms with Crippen molar-refractivity contribution < 1.29 is 23.6 Å². The molecule has 0 saturated carbocycles. The molecule has 39 heavy (non-hydrogen) atoms. The van der Waals surface area contributed by atoms with Gasteiger partial charge in [0, 0.05) is 21.5 Å². The Labute approximate surface area is 228 Å². The molecular formula is C27H19BrN4O7. The maximum absolute atomic E-state index is 13.5. The van der Waals surface area contributed by atoms with E-state index < -0.39 is 28.2 Å². The zero-order valence-corrected chi connectivity index (χ0v) is 22.1. The number of hydrogen-bond donors (Lipinski definition) is 0. The summed E-state index contributed by atoms with van der Waals surface area (Å²) in [6, 6.07) is 18.6.